The van der Waals surface area contributed by atoms with E-state index < -0.39 is 0 Å². The van der Waals surface area contributed by atoms with E-state index in [2.05, 4.69) is 26.8 Å². The van der Waals surface area contributed by atoms with Crippen LogP contribution >= 0.6 is 0 Å². The van der Waals surface area contributed by atoms with Crippen molar-refractivity contribution in [2.45, 2.75) is 70.3 Å². The number of aliphatic hydroxyl groups excluding tert-OH is 2. The van der Waals surface area contributed by atoms with Crippen molar-refractivity contribution in [3.05, 3.63) is 29.3 Å². The van der Waals surface area contributed by atoms with E-state index in [1.165, 1.54) is 0 Å². The molecule has 0 spiro atoms. The van der Waals surface area contributed by atoms with E-state index in [0.29, 0.717) is 18.1 Å². The van der Waals surface area contributed by atoms with Gasteiger partial charge in [-0.05, 0) is 66.5 Å². The monoisotopic (exact) mass is 306 g/mol. The van der Waals surface area contributed by atoms with Crippen molar-refractivity contribution in [3.63, 3.8) is 0 Å². The van der Waals surface area contributed by atoms with Crippen LogP contribution in [-0.2, 0) is 5.41 Å². The van der Waals surface area contributed by atoms with Crippen LogP contribution in [-0.4, -0.2) is 28.0 Å². The number of aliphatic hydroxyl groups is 2. The molecule has 0 saturated heterocycles. The molecule has 0 aromatic heterocycles. The van der Waals surface area contributed by atoms with Gasteiger partial charge in [0.25, 0.3) is 0 Å². The lowest BCUT2D eigenvalue weighted by molar-refractivity contribution is 0.0879. The second kappa shape index (κ2) is 7.01. The first-order chi connectivity index (χ1) is 10.3. The van der Waals surface area contributed by atoms with Crippen LogP contribution in [0.25, 0.3) is 0 Å². The number of rotatable bonds is 4. The molecule has 3 atom stereocenters. The van der Waals surface area contributed by atoms with Gasteiger partial charge in [0.1, 0.15) is 5.75 Å². The Morgan fingerprint density at radius 1 is 1.18 bits per heavy atom. The summed E-state index contributed by atoms with van der Waals surface area (Å²) < 4.78 is 0. The van der Waals surface area contributed by atoms with Crippen molar-refractivity contribution in [1.82, 2.24) is 0 Å². The van der Waals surface area contributed by atoms with Crippen LogP contribution in [0.5, 0.6) is 5.75 Å². The van der Waals surface area contributed by atoms with Gasteiger partial charge in [0, 0.05) is 6.61 Å². The van der Waals surface area contributed by atoms with Gasteiger partial charge in [0.05, 0.1) is 6.10 Å². The van der Waals surface area contributed by atoms with Gasteiger partial charge >= 0.3 is 0 Å². The zero-order valence-corrected chi connectivity index (χ0v) is 14.0. The predicted octanol–water partition coefficient (Wildman–Crippen LogP) is 3.71. The zero-order chi connectivity index (χ0) is 16.3. The van der Waals surface area contributed by atoms with Crippen LogP contribution in [0, 0.1) is 5.92 Å². The number of hydrogen-bond donors (Lipinski definition) is 3. The molecule has 0 radical (unpaired) electrons. The third-order valence-corrected chi connectivity index (χ3v) is 4.99. The number of phenolic OH excluding ortho intramolecular Hbond substituents is 1. The minimum atomic E-state index is -0.280. The van der Waals surface area contributed by atoms with Crippen LogP contribution in [0.1, 0.15) is 69.9 Å². The lowest BCUT2D eigenvalue weighted by atomic mass is 9.72. The largest absolute Gasteiger partial charge is 0.508 e. The number of phenols is 1. The molecule has 3 heteroatoms. The highest BCUT2D eigenvalue weighted by atomic mass is 16.3. The third kappa shape index (κ3) is 4.02. The molecule has 124 valence electrons. The minimum Gasteiger partial charge on any atom is -0.508 e. The summed E-state index contributed by atoms with van der Waals surface area (Å²) in [6, 6.07) is 6.00. The maximum atomic E-state index is 10.5. The third-order valence-electron chi connectivity index (χ3n) is 4.99. The molecule has 1 aromatic carbocycles. The molecule has 0 heterocycles. The fourth-order valence-corrected chi connectivity index (χ4v) is 3.61. The number of aromatic hydroxyl groups is 1. The minimum absolute atomic E-state index is 0.0123. The molecule has 1 aliphatic carbocycles. The fraction of sp³-hybridized carbons (Fsp3) is 0.684. The summed E-state index contributed by atoms with van der Waals surface area (Å²) in [5.41, 5.74) is 2.09. The van der Waals surface area contributed by atoms with Gasteiger partial charge in [0.15, 0.2) is 0 Å². The molecule has 1 fully saturated rings. The highest BCUT2D eigenvalue weighted by molar-refractivity contribution is 5.41. The molecule has 1 aromatic rings. The van der Waals surface area contributed by atoms with E-state index in [4.69, 9.17) is 5.11 Å². The Labute approximate surface area is 134 Å². The summed E-state index contributed by atoms with van der Waals surface area (Å²) in [4.78, 5) is 0. The quantitative estimate of drug-likeness (QED) is 0.795. The highest BCUT2D eigenvalue weighted by Crippen LogP contribution is 2.44. The van der Waals surface area contributed by atoms with Crippen molar-refractivity contribution in [2.75, 3.05) is 6.61 Å². The molecule has 22 heavy (non-hydrogen) atoms. The molecule has 1 aliphatic rings. The maximum Gasteiger partial charge on any atom is 0.119 e. The van der Waals surface area contributed by atoms with E-state index in [9.17, 15) is 10.2 Å². The fourth-order valence-electron chi connectivity index (χ4n) is 3.61. The first-order valence-electron chi connectivity index (χ1n) is 8.45. The van der Waals surface area contributed by atoms with Crippen molar-refractivity contribution < 1.29 is 15.3 Å². The molecule has 0 amide bonds. The van der Waals surface area contributed by atoms with Crippen molar-refractivity contribution in [2.24, 2.45) is 5.92 Å². The van der Waals surface area contributed by atoms with Gasteiger partial charge < -0.3 is 15.3 Å². The normalized spacial score (nSPS) is 26.1. The lowest BCUT2D eigenvalue weighted by Gasteiger charge is -2.35. The van der Waals surface area contributed by atoms with E-state index in [1.54, 1.807) is 0 Å². The average Bonchev–Trinajstić information content (AvgIpc) is 2.45. The van der Waals surface area contributed by atoms with Crippen LogP contribution in [0.4, 0.5) is 0 Å². The standard InChI is InChI=1S/C19H30O3/c1-19(2,3)14-7-9-16(18(22)11-14)17-12-15(21)8-6-13(17)5-4-10-20/h7,9,11,13,15,17,20-22H,4-6,8,10,12H2,1-3H3. The molecule has 0 aliphatic heterocycles. The van der Waals surface area contributed by atoms with E-state index in [0.717, 1.165) is 36.8 Å². The molecular formula is C19H30O3. The molecule has 3 nitrogen and oxygen atoms in total. The molecule has 3 N–H and O–H groups in total. The average molecular weight is 306 g/mol. The highest BCUT2D eigenvalue weighted by Gasteiger charge is 2.32. The summed E-state index contributed by atoms with van der Waals surface area (Å²) in [7, 11) is 0. The topological polar surface area (TPSA) is 60.7 Å². The number of hydrogen-bond acceptors (Lipinski definition) is 3. The van der Waals surface area contributed by atoms with Crippen molar-refractivity contribution >= 4 is 0 Å². The zero-order valence-electron chi connectivity index (χ0n) is 14.0. The van der Waals surface area contributed by atoms with Gasteiger partial charge in [0.2, 0.25) is 0 Å². The van der Waals surface area contributed by atoms with E-state index >= 15 is 0 Å². The molecule has 2 rings (SSSR count). The Kier molecular flexibility index (Phi) is 5.51. The van der Waals surface area contributed by atoms with Crippen LogP contribution in [0.3, 0.4) is 0 Å². The SMILES string of the molecule is CC(C)(C)c1ccc(C2CC(O)CCC2CCCO)c(O)c1. The first kappa shape index (κ1) is 17.3. The summed E-state index contributed by atoms with van der Waals surface area (Å²) in [5.74, 6) is 0.965. The second-order valence-electron chi connectivity index (χ2n) is 7.72. The molecule has 3 unspecified atom stereocenters. The Hall–Kier alpha value is -1.06. The molecule has 1 saturated carbocycles. The Balaban J connectivity index is 2.26. The van der Waals surface area contributed by atoms with E-state index in [-0.39, 0.29) is 24.0 Å². The molecular weight excluding hydrogens is 276 g/mol. The molecule has 0 bridgehead atoms. The van der Waals surface area contributed by atoms with Crippen LogP contribution < -0.4 is 0 Å². The van der Waals surface area contributed by atoms with Gasteiger partial charge in [-0.3, -0.25) is 0 Å². The summed E-state index contributed by atoms with van der Waals surface area (Å²) in [6.07, 6.45) is 3.96. The summed E-state index contributed by atoms with van der Waals surface area (Å²) in [6.45, 7) is 6.61. The van der Waals surface area contributed by atoms with Gasteiger partial charge in [-0.1, -0.05) is 32.9 Å². The van der Waals surface area contributed by atoms with Gasteiger partial charge in [-0.2, -0.15) is 0 Å². The van der Waals surface area contributed by atoms with Gasteiger partial charge in [-0.15, -0.1) is 0 Å². The Morgan fingerprint density at radius 2 is 1.91 bits per heavy atom. The summed E-state index contributed by atoms with van der Waals surface area (Å²) in [5, 5.41) is 29.6. The Bertz CT molecular complexity index is 488. The van der Waals surface area contributed by atoms with Crippen LogP contribution in [0.15, 0.2) is 18.2 Å². The summed E-state index contributed by atoms with van der Waals surface area (Å²) >= 11 is 0. The van der Waals surface area contributed by atoms with Crippen molar-refractivity contribution in [1.29, 1.82) is 0 Å². The first-order valence-corrected chi connectivity index (χ1v) is 8.45. The number of benzene rings is 1. The lowest BCUT2D eigenvalue weighted by Crippen LogP contribution is -2.27. The second-order valence-corrected chi connectivity index (χ2v) is 7.72. The van der Waals surface area contributed by atoms with Crippen LogP contribution in [0.2, 0.25) is 0 Å². The smallest absolute Gasteiger partial charge is 0.119 e. The predicted molar refractivity (Wildman–Crippen MR) is 89.2 cm³/mol. The maximum absolute atomic E-state index is 10.5. The van der Waals surface area contributed by atoms with E-state index in [1.807, 2.05) is 12.1 Å². The van der Waals surface area contributed by atoms with Crippen molar-refractivity contribution in [3.8, 4) is 5.75 Å². The van der Waals surface area contributed by atoms with Gasteiger partial charge in [-0.25, -0.2) is 0 Å². The Morgan fingerprint density at radius 3 is 2.50 bits per heavy atom.